The quantitative estimate of drug-likeness (QED) is 0.912. The van der Waals surface area contributed by atoms with Crippen molar-refractivity contribution < 1.29 is 0 Å². The highest BCUT2D eigenvalue weighted by atomic mass is 35.5. The number of hydrogen-bond acceptors (Lipinski definition) is 3. The van der Waals surface area contributed by atoms with Crippen LogP contribution in [0.2, 0.25) is 5.02 Å². The Bertz CT molecular complexity index is 528. The molecule has 0 amide bonds. The second-order valence-electron chi connectivity index (χ2n) is 4.50. The minimum atomic E-state index is 0.431. The highest BCUT2D eigenvalue weighted by Crippen LogP contribution is 2.19. The van der Waals surface area contributed by atoms with Gasteiger partial charge in [0.2, 0.25) is 0 Å². The van der Waals surface area contributed by atoms with Crippen LogP contribution in [0.5, 0.6) is 0 Å². The van der Waals surface area contributed by atoms with Gasteiger partial charge in [-0.15, -0.1) is 0 Å². The SMILES string of the molecule is CN(CCc1ccccc1)c1cc(CN)c(Cl)cn1. The van der Waals surface area contributed by atoms with Crippen LogP contribution in [0.15, 0.2) is 42.6 Å². The lowest BCUT2D eigenvalue weighted by molar-refractivity contribution is 0.857. The maximum absolute atomic E-state index is 6.01. The monoisotopic (exact) mass is 275 g/mol. The molecular weight excluding hydrogens is 258 g/mol. The Morgan fingerprint density at radius 3 is 2.68 bits per heavy atom. The Labute approximate surface area is 119 Å². The molecule has 0 unspecified atom stereocenters. The van der Waals surface area contributed by atoms with Crippen molar-refractivity contribution in [1.82, 2.24) is 4.98 Å². The molecule has 4 heteroatoms. The largest absolute Gasteiger partial charge is 0.359 e. The van der Waals surface area contributed by atoms with E-state index in [1.807, 2.05) is 19.2 Å². The predicted molar refractivity (Wildman–Crippen MR) is 80.6 cm³/mol. The second-order valence-corrected chi connectivity index (χ2v) is 4.90. The van der Waals surface area contributed by atoms with Crippen LogP contribution in [0.3, 0.4) is 0 Å². The van der Waals surface area contributed by atoms with Gasteiger partial charge in [0, 0.05) is 26.3 Å². The lowest BCUT2D eigenvalue weighted by atomic mass is 10.1. The maximum Gasteiger partial charge on any atom is 0.128 e. The predicted octanol–water partition coefficient (Wildman–Crippen LogP) is 2.87. The van der Waals surface area contributed by atoms with Crippen molar-refractivity contribution in [3.05, 3.63) is 58.7 Å². The van der Waals surface area contributed by atoms with E-state index in [2.05, 4.69) is 34.1 Å². The fourth-order valence-electron chi connectivity index (χ4n) is 1.89. The van der Waals surface area contributed by atoms with Gasteiger partial charge in [0.15, 0.2) is 0 Å². The number of halogens is 1. The number of benzene rings is 1. The summed E-state index contributed by atoms with van der Waals surface area (Å²) >= 11 is 6.01. The summed E-state index contributed by atoms with van der Waals surface area (Å²) in [4.78, 5) is 6.45. The number of nitrogens with zero attached hydrogens (tertiary/aromatic N) is 2. The molecule has 19 heavy (non-hydrogen) atoms. The Balaban J connectivity index is 2.02. The number of likely N-dealkylation sites (N-methyl/N-ethyl adjacent to an activating group) is 1. The summed E-state index contributed by atoms with van der Waals surface area (Å²) in [7, 11) is 2.03. The summed E-state index contributed by atoms with van der Waals surface area (Å²) < 4.78 is 0. The molecule has 0 aliphatic heterocycles. The Morgan fingerprint density at radius 2 is 2.00 bits per heavy atom. The van der Waals surface area contributed by atoms with Crippen LogP contribution in [-0.4, -0.2) is 18.6 Å². The molecule has 2 rings (SSSR count). The first-order valence-electron chi connectivity index (χ1n) is 6.30. The van der Waals surface area contributed by atoms with E-state index in [9.17, 15) is 0 Å². The van der Waals surface area contributed by atoms with Crippen molar-refractivity contribution in [1.29, 1.82) is 0 Å². The van der Waals surface area contributed by atoms with Gasteiger partial charge < -0.3 is 10.6 Å². The fourth-order valence-corrected chi connectivity index (χ4v) is 2.07. The maximum atomic E-state index is 6.01. The van der Waals surface area contributed by atoms with Crippen LogP contribution in [-0.2, 0) is 13.0 Å². The van der Waals surface area contributed by atoms with Crippen LogP contribution in [0, 0.1) is 0 Å². The first kappa shape index (κ1) is 13.8. The number of hydrogen-bond donors (Lipinski definition) is 1. The van der Waals surface area contributed by atoms with Crippen LogP contribution in [0.1, 0.15) is 11.1 Å². The average molecular weight is 276 g/mol. The van der Waals surface area contributed by atoms with E-state index in [1.165, 1.54) is 5.56 Å². The van der Waals surface area contributed by atoms with Gasteiger partial charge in [0.05, 0.1) is 5.02 Å². The van der Waals surface area contributed by atoms with E-state index in [-0.39, 0.29) is 0 Å². The smallest absolute Gasteiger partial charge is 0.128 e. The second kappa shape index (κ2) is 6.55. The molecule has 2 aromatic rings. The molecule has 0 radical (unpaired) electrons. The number of aromatic nitrogens is 1. The van der Waals surface area contributed by atoms with Gasteiger partial charge in [-0.25, -0.2) is 4.98 Å². The first-order valence-corrected chi connectivity index (χ1v) is 6.68. The minimum absolute atomic E-state index is 0.431. The summed E-state index contributed by atoms with van der Waals surface area (Å²) in [5.41, 5.74) is 7.90. The van der Waals surface area contributed by atoms with Crippen LogP contribution in [0.4, 0.5) is 5.82 Å². The standard InChI is InChI=1S/C15H18ClN3/c1-19(8-7-12-5-3-2-4-6-12)15-9-13(10-17)14(16)11-18-15/h2-6,9,11H,7-8,10,17H2,1H3. The highest BCUT2D eigenvalue weighted by Gasteiger charge is 2.06. The lowest BCUT2D eigenvalue weighted by Gasteiger charge is -2.19. The van der Waals surface area contributed by atoms with Crippen molar-refractivity contribution >= 4 is 17.4 Å². The molecule has 1 heterocycles. The normalized spacial score (nSPS) is 10.5. The van der Waals surface area contributed by atoms with Crippen molar-refractivity contribution in [3.8, 4) is 0 Å². The van der Waals surface area contributed by atoms with Gasteiger partial charge in [-0.3, -0.25) is 0 Å². The third kappa shape index (κ3) is 3.69. The van der Waals surface area contributed by atoms with Crippen molar-refractivity contribution in [2.45, 2.75) is 13.0 Å². The highest BCUT2D eigenvalue weighted by molar-refractivity contribution is 6.31. The molecule has 1 aromatic heterocycles. The number of nitrogens with two attached hydrogens (primary N) is 1. The van der Waals surface area contributed by atoms with Gasteiger partial charge in [0.1, 0.15) is 5.82 Å². The summed E-state index contributed by atoms with van der Waals surface area (Å²) in [6.45, 7) is 1.34. The molecular formula is C15H18ClN3. The van der Waals surface area contributed by atoms with E-state index in [4.69, 9.17) is 17.3 Å². The molecule has 0 saturated carbocycles. The number of anilines is 1. The Hall–Kier alpha value is -1.58. The van der Waals surface area contributed by atoms with E-state index in [0.717, 1.165) is 24.3 Å². The number of rotatable bonds is 5. The molecule has 0 atom stereocenters. The van der Waals surface area contributed by atoms with E-state index in [1.54, 1.807) is 6.20 Å². The summed E-state index contributed by atoms with van der Waals surface area (Å²) in [5, 5.41) is 0.628. The minimum Gasteiger partial charge on any atom is -0.359 e. The van der Waals surface area contributed by atoms with Gasteiger partial charge in [-0.1, -0.05) is 41.9 Å². The third-order valence-corrected chi connectivity index (χ3v) is 3.45. The lowest BCUT2D eigenvalue weighted by Crippen LogP contribution is -2.21. The topological polar surface area (TPSA) is 42.1 Å². The number of pyridine rings is 1. The van der Waals surface area contributed by atoms with Gasteiger partial charge >= 0.3 is 0 Å². The van der Waals surface area contributed by atoms with E-state index >= 15 is 0 Å². The summed E-state index contributed by atoms with van der Waals surface area (Å²) in [6.07, 6.45) is 2.65. The van der Waals surface area contributed by atoms with Crippen LogP contribution in [0.25, 0.3) is 0 Å². The van der Waals surface area contributed by atoms with Gasteiger partial charge in [-0.05, 0) is 23.6 Å². The molecule has 0 aliphatic carbocycles. The van der Waals surface area contributed by atoms with E-state index in [0.29, 0.717) is 11.6 Å². The zero-order valence-electron chi connectivity index (χ0n) is 11.0. The Kier molecular flexibility index (Phi) is 4.77. The summed E-state index contributed by atoms with van der Waals surface area (Å²) in [5.74, 6) is 0.904. The zero-order chi connectivity index (χ0) is 13.7. The molecule has 0 spiro atoms. The molecule has 2 N–H and O–H groups in total. The van der Waals surface area contributed by atoms with Crippen LogP contribution < -0.4 is 10.6 Å². The molecule has 0 saturated heterocycles. The van der Waals surface area contributed by atoms with Crippen molar-refractivity contribution in [2.75, 3.05) is 18.5 Å². The molecule has 0 fully saturated rings. The van der Waals surface area contributed by atoms with Gasteiger partial charge in [0.25, 0.3) is 0 Å². The molecule has 1 aromatic carbocycles. The Morgan fingerprint density at radius 1 is 1.26 bits per heavy atom. The fraction of sp³-hybridized carbons (Fsp3) is 0.267. The van der Waals surface area contributed by atoms with Gasteiger partial charge in [-0.2, -0.15) is 0 Å². The first-order chi connectivity index (χ1) is 9.20. The van der Waals surface area contributed by atoms with Crippen molar-refractivity contribution in [2.24, 2.45) is 5.73 Å². The molecule has 3 nitrogen and oxygen atoms in total. The van der Waals surface area contributed by atoms with Crippen LogP contribution >= 0.6 is 11.6 Å². The average Bonchev–Trinajstić information content (AvgIpc) is 2.46. The van der Waals surface area contributed by atoms with Crippen molar-refractivity contribution in [3.63, 3.8) is 0 Å². The zero-order valence-corrected chi connectivity index (χ0v) is 11.8. The van der Waals surface area contributed by atoms with E-state index < -0.39 is 0 Å². The molecule has 0 bridgehead atoms. The molecule has 0 aliphatic rings. The third-order valence-electron chi connectivity index (χ3n) is 3.11. The molecule has 100 valence electrons. The summed E-state index contributed by atoms with van der Waals surface area (Å²) in [6, 6.07) is 12.4.